The van der Waals surface area contributed by atoms with Crippen molar-refractivity contribution in [3.8, 4) is 0 Å². The topological polar surface area (TPSA) is 35.7 Å². The average molecular weight is 168 g/mol. The van der Waals surface area contributed by atoms with Crippen molar-refractivity contribution < 1.29 is 0 Å². The molecule has 12 heavy (non-hydrogen) atoms. The monoisotopic (exact) mass is 168 g/mol. The number of nitrogens with two attached hydrogens (primary N) is 1. The van der Waals surface area contributed by atoms with Crippen LogP contribution in [0.5, 0.6) is 0 Å². The first kappa shape index (κ1) is 7.26. The van der Waals surface area contributed by atoms with Crippen molar-refractivity contribution in [2.45, 2.75) is 5.54 Å². The maximum Gasteiger partial charge on any atom is 0.0543 e. The summed E-state index contributed by atoms with van der Waals surface area (Å²) in [6.07, 6.45) is 0. The van der Waals surface area contributed by atoms with Crippen LogP contribution in [0.2, 0.25) is 0 Å². The summed E-state index contributed by atoms with van der Waals surface area (Å²) in [4.78, 5) is 7.42. The van der Waals surface area contributed by atoms with E-state index in [0.717, 1.165) is 33.0 Å². The predicted molar refractivity (Wildman–Crippen MR) is 46.5 cm³/mol. The van der Waals surface area contributed by atoms with E-state index in [1.807, 2.05) is 0 Å². The van der Waals surface area contributed by atoms with Crippen LogP contribution in [0, 0.1) is 0 Å². The Kier molecular flexibility index (Phi) is 1.33. The lowest BCUT2D eigenvalue weighted by Crippen LogP contribution is -2.70. The molecule has 68 valence electrons. The van der Waals surface area contributed by atoms with Crippen LogP contribution in [0.4, 0.5) is 0 Å². The van der Waals surface area contributed by atoms with E-state index >= 15 is 0 Å². The molecular weight excluding hydrogens is 152 g/mol. The summed E-state index contributed by atoms with van der Waals surface area (Å²) in [6, 6.07) is 0. The minimum Gasteiger partial charge on any atom is -0.322 e. The van der Waals surface area contributed by atoms with E-state index in [0.29, 0.717) is 0 Å². The van der Waals surface area contributed by atoms with Crippen LogP contribution in [-0.2, 0) is 0 Å². The van der Waals surface area contributed by atoms with Gasteiger partial charge in [0.05, 0.1) is 18.9 Å². The van der Waals surface area contributed by atoms with Crippen molar-refractivity contribution in [1.82, 2.24) is 14.7 Å². The van der Waals surface area contributed by atoms with Crippen LogP contribution < -0.4 is 5.73 Å². The largest absolute Gasteiger partial charge is 0.322 e. The first-order valence-electron chi connectivity index (χ1n) is 4.70. The molecule has 4 saturated heterocycles. The van der Waals surface area contributed by atoms with Crippen molar-refractivity contribution in [3.05, 3.63) is 0 Å². The van der Waals surface area contributed by atoms with Crippen molar-refractivity contribution in [1.29, 1.82) is 0 Å². The van der Waals surface area contributed by atoms with E-state index < -0.39 is 0 Å². The Bertz CT molecular complexity index is 189. The SMILES string of the molecule is NC12CN3CCN(CN(C3)C1)C2. The Hall–Kier alpha value is -0.160. The molecule has 0 amide bonds. The van der Waals surface area contributed by atoms with Crippen LogP contribution >= 0.6 is 0 Å². The number of hydrogen-bond acceptors (Lipinski definition) is 4. The molecule has 2 N–H and O–H groups in total. The minimum atomic E-state index is 0.0625. The van der Waals surface area contributed by atoms with Gasteiger partial charge in [-0.3, -0.25) is 14.7 Å². The molecule has 4 bridgehead atoms. The van der Waals surface area contributed by atoms with Crippen LogP contribution in [0.25, 0.3) is 0 Å². The molecule has 0 aromatic heterocycles. The third-order valence-corrected chi connectivity index (χ3v) is 3.15. The fourth-order valence-electron chi connectivity index (χ4n) is 2.88. The van der Waals surface area contributed by atoms with Gasteiger partial charge in [-0.05, 0) is 0 Å². The second kappa shape index (κ2) is 2.20. The molecule has 4 fully saturated rings. The molecule has 0 aliphatic carbocycles. The summed E-state index contributed by atoms with van der Waals surface area (Å²) in [6.45, 7) is 7.97. The fourth-order valence-corrected chi connectivity index (χ4v) is 2.88. The van der Waals surface area contributed by atoms with Crippen molar-refractivity contribution in [3.63, 3.8) is 0 Å². The predicted octanol–water partition coefficient (Wildman–Crippen LogP) is -1.45. The maximum absolute atomic E-state index is 6.30. The number of fused-ring (bicyclic) bond motifs is 1. The molecule has 0 spiro atoms. The number of hydrogen-bond donors (Lipinski definition) is 1. The number of rotatable bonds is 0. The molecule has 4 aliphatic rings. The van der Waals surface area contributed by atoms with Gasteiger partial charge in [-0.2, -0.15) is 0 Å². The lowest BCUT2D eigenvalue weighted by atomic mass is 9.96. The van der Waals surface area contributed by atoms with Crippen LogP contribution in [0.3, 0.4) is 0 Å². The Morgan fingerprint density at radius 3 is 1.83 bits per heavy atom. The van der Waals surface area contributed by atoms with Crippen molar-refractivity contribution >= 4 is 0 Å². The highest BCUT2D eigenvalue weighted by Gasteiger charge is 2.43. The quantitative estimate of drug-likeness (QED) is 0.480. The summed E-state index contributed by atoms with van der Waals surface area (Å²) in [5, 5.41) is 0. The first-order chi connectivity index (χ1) is 5.73. The van der Waals surface area contributed by atoms with Gasteiger partial charge in [-0.15, -0.1) is 0 Å². The Morgan fingerprint density at radius 2 is 1.33 bits per heavy atom. The zero-order chi connectivity index (χ0) is 8.18. The Labute approximate surface area is 72.9 Å². The summed E-state index contributed by atoms with van der Waals surface area (Å²) in [7, 11) is 0. The number of nitrogens with zero attached hydrogens (tertiary/aromatic N) is 3. The summed E-state index contributed by atoms with van der Waals surface area (Å²) in [5.74, 6) is 0. The normalized spacial score (nSPS) is 57.2. The van der Waals surface area contributed by atoms with Crippen LogP contribution in [0.1, 0.15) is 0 Å². The van der Waals surface area contributed by atoms with Crippen molar-refractivity contribution in [2.75, 3.05) is 46.1 Å². The lowest BCUT2D eigenvalue weighted by molar-refractivity contribution is -0.0154. The van der Waals surface area contributed by atoms with Gasteiger partial charge < -0.3 is 5.73 Å². The second-order valence-corrected chi connectivity index (χ2v) is 4.58. The molecular formula is C8H16N4. The molecule has 4 rings (SSSR count). The van der Waals surface area contributed by atoms with E-state index in [1.54, 1.807) is 0 Å². The van der Waals surface area contributed by atoms with Gasteiger partial charge in [-0.1, -0.05) is 0 Å². The highest BCUT2D eigenvalue weighted by molar-refractivity contribution is 5.02. The van der Waals surface area contributed by atoms with Gasteiger partial charge in [0.2, 0.25) is 0 Å². The molecule has 2 unspecified atom stereocenters. The van der Waals surface area contributed by atoms with Crippen molar-refractivity contribution in [2.24, 2.45) is 5.73 Å². The third-order valence-electron chi connectivity index (χ3n) is 3.15. The van der Waals surface area contributed by atoms with E-state index in [4.69, 9.17) is 5.73 Å². The molecule has 4 nitrogen and oxygen atoms in total. The van der Waals surface area contributed by atoms with E-state index in [2.05, 4.69) is 14.7 Å². The van der Waals surface area contributed by atoms with E-state index in [-0.39, 0.29) is 5.54 Å². The molecule has 4 heterocycles. The van der Waals surface area contributed by atoms with E-state index in [9.17, 15) is 0 Å². The smallest absolute Gasteiger partial charge is 0.0543 e. The lowest BCUT2D eigenvalue weighted by Gasteiger charge is -2.49. The highest BCUT2D eigenvalue weighted by Crippen LogP contribution is 2.24. The third kappa shape index (κ3) is 0.992. The average Bonchev–Trinajstić information content (AvgIpc) is 2.14. The fraction of sp³-hybridized carbons (Fsp3) is 1.00. The van der Waals surface area contributed by atoms with Gasteiger partial charge in [0.25, 0.3) is 0 Å². The van der Waals surface area contributed by atoms with Gasteiger partial charge in [0.1, 0.15) is 0 Å². The molecule has 0 aromatic carbocycles. The summed E-state index contributed by atoms with van der Waals surface area (Å²) < 4.78 is 0. The molecule has 4 heteroatoms. The molecule has 0 saturated carbocycles. The van der Waals surface area contributed by atoms with Gasteiger partial charge in [0.15, 0.2) is 0 Å². The van der Waals surface area contributed by atoms with Gasteiger partial charge >= 0.3 is 0 Å². The van der Waals surface area contributed by atoms with Gasteiger partial charge in [-0.25, -0.2) is 0 Å². The Morgan fingerprint density at radius 1 is 0.833 bits per heavy atom. The zero-order valence-corrected chi connectivity index (χ0v) is 7.37. The van der Waals surface area contributed by atoms with Crippen LogP contribution in [-0.4, -0.2) is 66.3 Å². The maximum atomic E-state index is 6.30. The minimum absolute atomic E-state index is 0.0625. The molecule has 2 atom stereocenters. The zero-order valence-electron chi connectivity index (χ0n) is 7.37. The highest BCUT2D eigenvalue weighted by atomic mass is 15.5. The first-order valence-corrected chi connectivity index (χ1v) is 4.70. The molecule has 4 aliphatic heterocycles. The second-order valence-electron chi connectivity index (χ2n) is 4.58. The summed E-state index contributed by atoms with van der Waals surface area (Å²) >= 11 is 0. The standard InChI is InChI=1S/C8H16N4/c9-8-3-10-1-2-11(4-8)7-12(5-8)6-10/h1-7,9H2. The molecule has 0 aromatic rings. The van der Waals surface area contributed by atoms with Crippen LogP contribution in [0.15, 0.2) is 0 Å². The van der Waals surface area contributed by atoms with E-state index in [1.165, 1.54) is 13.1 Å². The van der Waals surface area contributed by atoms with Gasteiger partial charge in [0, 0.05) is 32.7 Å². The Balaban J connectivity index is 1.95. The summed E-state index contributed by atoms with van der Waals surface area (Å²) in [5.41, 5.74) is 6.36. The molecule has 0 radical (unpaired) electrons.